The smallest absolute Gasteiger partial charge is 0.146 e. The third kappa shape index (κ3) is 3.35. The molecule has 106 valence electrons. The molecule has 0 fully saturated rings. The maximum Gasteiger partial charge on any atom is 0.146 e. The van der Waals surface area contributed by atoms with Crippen LogP contribution in [0.5, 0.6) is 5.75 Å². The van der Waals surface area contributed by atoms with E-state index in [9.17, 15) is 0 Å². The molecule has 1 aromatic heterocycles. The molecule has 0 saturated carbocycles. The van der Waals surface area contributed by atoms with Gasteiger partial charge in [0.15, 0.2) is 0 Å². The second-order valence-corrected chi connectivity index (χ2v) is 3.86. The normalized spacial score (nSPS) is 9.55. The Bertz CT molecular complexity index is 689. The largest absolute Gasteiger partial charge is 0.494 e. The lowest BCUT2D eigenvalue weighted by Gasteiger charge is -2.04. The number of aromatic nitrogens is 2. The first-order chi connectivity index (χ1) is 9.30. The van der Waals surface area contributed by atoms with Crippen molar-refractivity contribution in [2.75, 3.05) is 13.7 Å². The van der Waals surface area contributed by atoms with E-state index in [0.717, 1.165) is 27.8 Å². The molecule has 0 atom stereocenters. The fourth-order valence-electron chi connectivity index (χ4n) is 1.78. The number of benzene rings is 2. The van der Waals surface area contributed by atoms with Crippen LogP contribution in [0.3, 0.4) is 0 Å². The predicted molar refractivity (Wildman–Crippen MR) is 83.6 cm³/mol. The molecule has 1 N–H and O–H groups in total. The number of aliphatic hydroxyl groups is 1. The average Bonchev–Trinajstić information content (AvgIpc) is 2.45. The van der Waals surface area contributed by atoms with Crippen LogP contribution in [0.25, 0.3) is 22.1 Å². The van der Waals surface area contributed by atoms with Crippen LogP contribution in [0, 0.1) is 0 Å². The Morgan fingerprint density at radius 2 is 1.50 bits per heavy atom. The molecule has 5 heteroatoms. The van der Waals surface area contributed by atoms with E-state index in [4.69, 9.17) is 9.84 Å². The number of ether oxygens (including phenoxy) is 1. The first-order valence-electron chi connectivity index (χ1n) is 6.10. The van der Waals surface area contributed by atoms with Crippen LogP contribution in [0.2, 0.25) is 0 Å². The van der Waals surface area contributed by atoms with Crippen molar-refractivity contribution in [3.8, 4) is 5.75 Å². The SMILES string of the molecule is CCO.COc1cccc2nc3ccccc3nc12.Cl. The topological polar surface area (TPSA) is 55.2 Å². The van der Waals surface area contributed by atoms with Gasteiger partial charge in [-0.05, 0) is 31.2 Å². The maximum absolute atomic E-state index is 7.57. The number of hydrogen-bond acceptors (Lipinski definition) is 4. The molecule has 0 aliphatic heterocycles. The molecule has 0 spiro atoms. The van der Waals surface area contributed by atoms with Gasteiger partial charge in [0.2, 0.25) is 0 Å². The monoisotopic (exact) mass is 292 g/mol. The Morgan fingerprint density at radius 3 is 2.10 bits per heavy atom. The van der Waals surface area contributed by atoms with Crippen molar-refractivity contribution in [2.24, 2.45) is 0 Å². The molecule has 0 amide bonds. The van der Waals surface area contributed by atoms with Gasteiger partial charge in [0.25, 0.3) is 0 Å². The summed E-state index contributed by atoms with van der Waals surface area (Å²) in [5, 5.41) is 7.57. The zero-order valence-corrected chi connectivity index (χ0v) is 12.2. The van der Waals surface area contributed by atoms with Crippen LogP contribution in [0.4, 0.5) is 0 Å². The molecule has 0 saturated heterocycles. The molecule has 0 unspecified atom stereocenters. The van der Waals surface area contributed by atoms with Gasteiger partial charge in [0.05, 0.1) is 23.7 Å². The molecule has 0 bridgehead atoms. The highest BCUT2D eigenvalue weighted by molar-refractivity contribution is 5.89. The summed E-state index contributed by atoms with van der Waals surface area (Å²) in [5.74, 6) is 0.760. The van der Waals surface area contributed by atoms with E-state index in [2.05, 4.69) is 9.97 Å². The van der Waals surface area contributed by atoms with Gasteiger partial charge >= 0.3 is 0 Å². The molecule has 1 heterocycles. The molecule has 0 radical (unpaired) electrons. The number of para-hydroxylation sites is 3. The minimum absolute atomic E-state index is 0. The molecule has 20 heavy (non-hydrogen) atoms. The van der Waals surface area contributed by atoms with Crippen molar-refractivity contribution in [1.29, 1.82) is 0 Å². The quantitative estimate of drug-likeness (QED) is 0.700. The van der Waals surface area contributed by atoms with Gasteiger partial charge < -0.3 is 9.84 Å². The highest BCUT2D eigenvalue weighted by Gasteiger charge is 2.05. The summed E-state index contributed by atoms with van der Waals surface area (Å²) in [6.07, 6.45) is 0. The van der Waals surface area contributed by atoms with E-state index in [1.54, 1.807) is 14.0 Å². The molecular formula is C15H17ClN2O2. The predicted octanol–water partition coefficient (Wildman–Crippen LogP) is 3.21. The molecule has 0 aliphatic rings. The van der Waals surface area contributed by atoms with Gasteiger partial charge in [-0.25, -0.2) is 9.97 Å². The van der Waals surface area contributed by atoms with Crippen LogP contribution in [-0.2, 0) is 0 Å². The molecule has 4 nitrogen and oxygen atoms in total. The van der Waals surface area contributed by atoms with Crippen molar-refractivity contribution in [1.82, 2.24) is 9.97 Å². The van der Waals surface area contributed by atoms with Crippen LogP contribution in [-0.4, -0.2) is 28.8 Å². The van der Waals surface area contributed by atoms with E-state index in [1.807, 2.05) is 42.5 Å². The van der Waals surface area contributed by atoms with Crippen molar-refractivity contribution >= 4 is 34.5 Å². The number of halogens is 1. The van der Waals surface area contributed by atoms with Crippen LogP contribution < -0.4 is 4.74 Å². The van der Waals surface area contributed by atoms with Crippen LogP contribution in [0.1, 0.15) is 6.92 Å². The number of fused-ring (bicyclic) bond motifs is 2. The summed E-state index contributed by atoms with van der Waals surface area (Å²) in [6.45, 7) is 1.93. The summed E-state index contributed by atoms with van der Waals surface area (Å²) in [7, 11) is 1.64. The second kappa shape index (κ2) is 7.62. The van der Waals surface area contributed by atoms with E-state index in [-0.39, 0.29) is 19.0 Å². The Hall–Kier alpha value is -1.91. The van der Waals surface area contributed by atoms with Gasteiger partial charge in [-0.2, -0.15) is 0 Å². The Morgan fingerprint density at radius 1 is 0.950 bits per heavy atom. The summed E-state index contributed by atoms with van der Waals surface area (Å²) >= 11 is 0. The van der Waals surface area contributed by atoms with Gasteiger partial charge in [0, 0.05) is 6.61 Å². The molecule has 3 aromatic rings. The summed E-state index contributed by atoms with van der Waals surface area (Å²) in [6, 6.07) is 13.6. The van der Waals surface area contributed by atoms with Crippen molar-refractivity contribution in [2.45, 2.75) is 6.92 Å². The number of rotatable bonds is 1. The van der Waals surface area contributed by atoms with Crippen LogP contribution in [0.15, 0.2) is 42.5 Å². The van der Waals surface area contributed by atoms with Gasteiger partial charge in [-0.15, -0.1) is 12.4 Å². The molecule has 3 rings (SSSR count). The lowest BCUT2D eigenvalue weighted by Crippen LogP contribution is -1.91. The van der Waals surface area contributed by atoms with Gasteiger partial charge in [0.1, 0.15) is 11.3 Å². The Labute approximate surface area is 123 Å². The van der Waals surface area contributed by atoms with Crippen molar-refractivity contribution in [3.05, 3.63) is 42.5 Å². The van der Waals surface area contributed by atoms with E-state index in [1.165, 1.54) is 0 Å². The maximum atomic E-state index is 7.57. The minimum Gasteiger partial charge on any atom is -0.494 e. The highest BCUT2D eigenvalue weighted by Crippen LogP contribution is 2.24. The molecular weight excluding hydrogens is 276 g/mol. The number of aliphatic hydroxyl groups excluding tert-OH is 1. The Kier molecular flexibility index (Phi) is 6.15. The fourth-order valence-corrected chi connectivity index (χ4v) is 1.78. The minimum atomic E-state index is 0. The van der Waals surface area contributed by atoms with E-state index in [0.29, 0.717) is 0 Å². The summed E-state index contributed by atoms with van der Waals surface area (Å²) in [4.78, 5) is 9.10. The standard InChI is InChI=1S/C13H10N2O.C2H6O.ClH/c1-16-12-8-4-7-11-13(12)15-10-6-3-2-5-9(10)14-11;1-2-3;/h2-8H,1H3;3H,2H2,1H3;1H. The number of nitrogens with zero attached hydrogens (tertiary/aromatic N) is 2. The fraction of sp³-hybridized carbons (Fsp3) is 0.200. The van der Waals surface area contributed by atoms with E-state index >= 15 is 0 Å². The van der Waals surface area contributed by atoms with Gasteiger partial charge in [-0.3, -0.25) is 0 Å². The van der Waals surface area contributed by atoms with Gasteiger partial charge in [-0.1, -0.05) is 18.2 Å². The molecule has 0 aliphatic carbocycles. The third-order valence-corrected chi connectivity index (χ3v) is 2.55. The van der Waals surface area contributed by atoms with Crippen molar-refractivity contribution < 1.29 is 9.84 Å². The first kappa shape index (κ1) is 16.1. The Balaban J connectivity index is 0.000000462. The second-order valence-electron chi connectivity index (χ2n) is 3.86. The van der Waals surface area contributed by atoms with Crippen molar-refractivity contribution in [3.63, 3.8) is 0 Å². The van der Waals surface area contributed by atoms with E-state index < -0.39 is 0 Å². The first-order valence-corrected chi connectivity index (χ1v) is 6.10. The lowest BCUT2D eigenvalue weighted by atomic mass is 10.2. The number of hydrogen-bond donors (Lipinski definition) is 1. The summed E-state index contributed by atoms with van der Waals surface area (Å²) < 4.78 is 5.27. The molecule has 2 aromatic carbocycles. The summed E-state index contributed by atoms with van der Waals surface area (Å²) in [5.41, 5.74) is 3.46. The average molecular weight is 293 g/mol. The third-order valence-electron chi connectivity index (χ3n) is 2.55. The van der Waals surface area contributed by atoms with Crippen LogP contribution >= 0.6 is 12.4 Å². The highest BCUT2D eigenvalue weighted by atomic mass is 35.5. The number of methoxy groups -OCH3 is 1. The lowest BCUT2D eigenvalue weighted by molar-refractivity contribution is 0.318. The zero-order valence-electron chi connectivity index (χ0n) is 11.4. The zero-order chi connectivity index (χ0) is 13.7.